The summed E-state index contributed by atoms with van der Waals surface area (Å²) < 4.78 is 0. The van der Waals surface area contributed by atoms with Crippen molar-refractivity contribution in [3.63, 3.8) is 0 Å². The number of nitrogens with zero attached hydrogens (tertiary/aromatic N) is 3. The van der Waals surface area contributed by atoms with Crippen molar-refractivity contribution in [3.05, 3.63) is 63.0 Å². The lowest BCUT2D eigenvalue weighted by Crippen LogP contribution is -2.44. The van der Waals surface area contributed by atoms with Gasteiger partial charge in [-0.15, -0.1) is 11.3 Å². The van der Waals surface area contributed by atoms with Gasteiger partial charge in [0, 0.05) is 40.3 Å². The van der Waals surface area contributed by atoms with E-state index in [2.05, 4.69) is 33.1 Å². The molecule has 0 atom stereocenters. The summed E-state index contributed by atoms with van der Waals surface area (Å²) in [5.74, 6) is 1.80. The van der Waals surface area contributed by atoms with Crippen LogP contribution in [-0.4, -0.2) is 35.0 Å². The van der Waals surface area contributed by atoms with Gasteiger partial charge in [-0.25, -0.2) is 9.97 Å². The second-order valence-corrected chi connectivity index (χ2v) is 9.61. The molecule has 3 aromatic heterocycles. The zero-order valence-corrected chi connectivity index (χ0v) is 18.3. The van der Waals surface area contributed by atoms with Crippen LogP contribution in [0.3, 0.4) is 0 Å². The molecule has 7 heteroatoms. The van der Waals surface area contributed by atoms with Gasteiger partial charge in [-0.1, -0.05) is 12.1 Å². The first kappa shape index (κ1) is 19.2. The van der Waals surface area contributed by atoms with Gasteiger partial charge in [0.25, 0.3) is 5.91 Å². The molecule has 1 N–H and O–H groups in total. The number of para-hydroxylation sites is 1. The molecule has 1 saturated heterocycles. The summed E-state index contributed by atoms with van der Waals surface area (Å²) >= 11 is 3.20. The second kappa shape index (κ2) is 8.16. The Morgan fingerprint density at radius 2 is 1.93 bits per heavy atom. The monoisotopic (exact) mass is 434 g/mol. The minimum Gasteiger partial charge on any atom is -0.356 e. The number of rotatable bonds is 4. The summed E-state index contributed by atoms with van der Waals surface area (Å²) in [6.07, 6.45) is 1.81. The third kappa shape index (κ3) is 3.82. The second-order valence-electron chi connectivity index (χ2n) is 7.55. The van der Waals surface area contributed by atoms with Gasteiger partial charge in [0.2, 0.25) is 0 Å². The molecule has 0 radical (unpaired) electrons. The van der Waals surface area contributed by atoms with Gasteiger partial charge in [0.1, 0.15) is 5.82 Å². The molecule has 1 aromatic carbocycles. The molecule has 5 rings (SSSR count). The van der Waals surface area contributed by atoms with Gasteiger partial charge >= 0.3 is 0 Å². The maximum absolute atomic E-state index is 12.5. The summed E-state index contributed by atoms with van der Waals surface area (Å²) in [5.41, 5.74) is 2.02. The Morgan fingerprint density at radius 1 is 1.10 bits per heavy atom. The molecule has 0 spiro atoms. The van der Waals surface area contributed by atoms with Gasteiger partial charge < -0.3 is 10.2 Å². The summed E-state index contributed by atoms with van der Waals surface area (Å²) in [6.45, 7) is 3.74. The highest BCUT2D eigenvalue weighted by Gasteiger charge is 2.24. The van der Waals surface area contributed by atoms with E-state index in [1.165, 1.54) is 0 Å². The topological polar surface area (TPSA) is 58.1 Å². The molecule has 1 amide bonds. The fraction of sp³-hybridized carbons (Fsp3) is 0.261. The first-order valence-corrected chi connectivity index (χ1v) is 11.8. The maximum atomic E-state index is 12.5. The van der Waals surface area contributed by atoms with E-state index in [4.69, 9.17) is 9.97 Å². The summed E-state index contributed by atoms with van der Waals surface area (Å²) in [5, 5.41) is 8.42. The third-order valence-corrected chi connectivity index (χ3v) is 7.14. The number of aromatic nitrogens is 2. The molecule has 0 bridgehead atoms. The van der Waals surface area contributed by atoms with Crippen molar-refractivity contribution >= 4 is 45.3 Å². The molecule has 152 valence electrons. The van der Waals surface area contributed by atoms with Crippen LogP contribution in [0.4, 0.5) is 5.82 Å². The standard InChI is InChI=1S/C23H22N4OS2/c1-15-6-7-20(30-15)23(28)24-17-8-11-27(12-9-17)22-18-4-2-3-5-19(18)25-21(26-22)16-10-13-29-14-16/h2-7,10,13-14,17H,8-9,11-12H2,1H3,(H,24,28). The number of carbonyl (C=O) groups excluding carboxylic acids is 1. The number of amides is 1. The van der Waals surface area contributed by atoms with Crippen LogP contribution >= 0.6 is 22.7 Å². The summed E-state index contributed by atoms with van der Waals surface area (Å²) in [7, 11) is 0. The lowest BCUT2D eigenvalue weighted by atomic mass is 10.0. The Hall–Kier alpha value is -2.77. The Labute approximate surface area is 183 Å². The van der Waals surface area contributed by atoms with Gasteiger partial charge in [0.05, 0.1) is 10.4 Å². The van der Waals surface area contributed by atoms with Gasteiger partial charge in [-0.3, -0.25) is 4.79 Å². The molecule has 30 heavy (non-hydrogen) atoms. The average molecular weight is 435 g/mol. The number of hydrogen-bond acceptors (Lipinski definition) is 6. The molecule has 0 unspecified atom stereocenters. The number of aryl methyl sites for hydroxylation is 1. The van der Waals surface area contributed by atoms with Crippen molar-refractivity contribution in [2.24, 2.45) is 0 Å². The number of thiophene rings is 2. The van der Waals surface area contributed by atoms with Crippen LogP contribution in [0.2, 0.25) is 0 Å². The minimum absolute atomic E-state index is 0.0405. The zero-order valence-electron chi connectivity index (χ0n) is 16.7. The largest absolute Gasteiger partial charge is 0.356 e. The van der Waals surface area contributed by atoms with E-state index in [9.17, 15) is 4.79 Å². The van der Waals surface area contributed by atoms with Crippen LogP contribution in [-0.2, 0) is 0 Å². The normalized spacial score (nSPS) is 14.9. The number of piperidine rings is 1. The molecule has 0 saturated carbocycles. The third-order valence-electron chi connectivity index (χ3n) is 5.46. The Morgan fingerprint density at radius 3 is 2.67 bits per heavy atom. The van der Waals surface area contributed by atoms with Crippen molar-refractivity contribution in [2.45, 2.75) is 25.8 Å². The predicted molar refractivity (Wildman–Crippen MR) is 125 cm³/mol. The summed E-state index contributed by atoms with van der Waals surface area (Å²) in [6, 6.07) is 14.4. The number of fused-ring (bicyclic) bond motifs is 1. The van der Waals surface area contributed by atoms with E-state index in [1.807, 2.05) is 37.3 Å². The van der Waals surface area contributed by atoms with Crippen LogP contribution in [0.25, 0.3) is 22.3 Å². The van der Waals surface area contributed by atoms with Crippen molar-refractivity contribution in [1.29, 1.82) is 0 Å². The Bertz CT molecular complexity index is 1180. The van der Waals surface area contributed by atoms with E-state index in [0.717, 1.165) is 63.8 Å². The van der Waals surface area contributed by atoms with Crippen molar-refractivity contribution in [2.75, 3.05) is 18.0 Å². The van der Waals surface area contributed by atoms with Crippen molar-refractivity contribution in [3.8, 4) is 11.4 Å². The smallest absolute Gasteiger partial charge is 0.261 e. The number of nitrogens with one attached hydrogen (secondary N) is 1. The predicted octanol–water partition coefficient (Wildman–Crippen LogP) is 5.13. The van der Waals surface area contributed by atoms with Crippen LogP contribution in [0.15, 0.2) is 53.2 Å². The number of anilines is 1. The van der Waals surface area contributed by atoms with E-state index in [1.54, 1.807) is 22.7 Å². The molecule has 0 aliphatic carbocycles. The fourth-order valence-electron chi connectivity index (χ4n) is 3.87. The molecular weight excluding hydrogens is 412 g/mol. The molecule has 1 aliphatic heterocycles. The number of hydrogen-bond donors (Lipinski definition) is 1. The number of benzene rings is 1. The van der Waals surface area contributed by atoms with Crippen LogP contribution in [0.1, 0.15) is 27.4 Å². The van der Waals surface area contributed by atoms with Gasteiger partial charge in [-0.2, -0.15) is 11.3 Å². The molecule has 1 fully saturated rings. The highest BCUT2D eigenvalue weighted by Crippen LogP contribution is 2.30. The SMILES string of the molecule is Cc1ccc(C(=O)NC2CCN(c3nc(-c4ccsc4)nc4ccccc34)CC2)s1. The maximum Gasteiger partial charge on any atom is 0.261 e. The lowest BCUT2D eigenvalue weighted by molar-refractivity contribution is 0.0935. The molecular formula is C23H22N4OS2. The highest BCUT2D eigenvalue weighted by molar-refractivity contribution is 7.13. The van der Waals surface area contributed by atoms with Crippen LogP contribution < -0.4 is 10.2 Å². The minimum atomic E-state index is 0.0405. The van der Waals surface area contributed by atoms with Gasteiger partial charge in [-0.05, 0) is 55.5 Å². The number of carbonyl (C=O) groups is 1. The first-order chi connectivity index (χ1) is 14.7. The molecule has 4 heterocycles. The Kier molecular flexibility index (Phi) is 5.23. The average Bonchev–Trinajstić information content (AvgIpc) is 3.46. The lowest BCUT2D eigenvalue weighted by Gasteiger charge is -2.33. The zero-order chi connectivity index (χ0) is 20.5. The molecule has 1 aliphatic rings. The highest BCUT2D eigenvalue weighted by atomic mass is 32.1. The van der Waals surface area contributed by atoms with Gasteiger partial charge in [0.15, 0.2) is 5.82 Å². The molecule has 5 nitrogen and oxygen atoms in total. The van der Waals surface area contributed by atoms with Crippen LogP contribution in [0, 0.1) is 6.92 Å². The molecule has 4 aromatic rings. The van der Waals surface area contributed by atoms with E-state index in [0.29, 0.717) is 0 Å². The van der Waals surface area contributed by atoms with E-state index in [-0.39, 0.29) is 11.9 Å². The fourth-order valence-corrected chi connectivity index (χ4v) is 5.28. The Balaban J connectivity index is 1.35. The first-order valence-electron chi connectivity index (χ1n) is 10.1. The van der Waals surface area contributed by atoms with E-state index < -0.39 is 0 Å². The quantitative estimate of drug-likeness (QED) is 0.484. The summed E-state index contributed by atoms with van der Waals surface area (Å²) in [4.78, 5) is 26.5. The van der Waals surface area contributed by atoms with Crippen molar-refractivity contribution in [1.82, 2.24) is 15.3 Å². The van der Waals surface area contributed by atoms with Crippen LogP contribution in [0.5, 0.6) is 0 Å². The van der Waals surface area contributed by atoms with Crippen molar-refractivity contribution < 1.29 is 4.79 Å². The van der Waals surface area contributed by atoms with E-state index >= 15 is 0 Å².